The SMILES string of the molecule is COc1cc(CNc2cccc(Cl)c2N)nn1C. The Morgan fingerprint density at radius 1 is 1.50 bits per heavy atom. The highest BCUT2D eigenvalue weighted by atomic mass is 35.5. The number of rotatable bonds is 4. The van der Waals surface area contributed by atoms with Gasteiger partial charge in [0.2, 0.25) is 5.88 Å². The number of aromatic nitrogens is 2. The van der Waals surface area contributed by atoms with E-state index < -0.39 is 0 Å². The van der Waals surface area contributed by atoms with E-state index in [1.54, 1.807) is 17.9 Å². The van der Waals surface area contributed by atoms with Gasteiger partial charge in [-0.1, -0.05) is 17.7 Å². The number of anilines is 2. The molecule has 0 aliphatic carbocycles. The fraction of sp³-hybridized carbons (Fsp3) is 0.250. The molecule has 0 atom stereocenters. The van der Waals surface area contributed by atoms with E-state index in [4.69, 9.17) is 22.1 Å². The van der Waals surface area contributed by atoms with E-state index in [0.29, 0.717) is 23.1 Å². The second-order valence-corrected chi connectivity index (χ2v) is 4.26. The monoisotopic (exact) mass is 266 g/mol. The van der Waals surface area contributed by atoms with Crippen LogP contribution in [0.15, 0.2) is 24.3 Å². The average Bonchev–Trinajstić information content (AvgIpc) is 2.72. The molecule has 0 spiro atoms. The van der Waals surface area contributed by atoms with Crippen LogP contribution >= 0.6 is 11.6 Å². The molecule has 2 rings (SSSR count). The average molecular weight is 267 g/mol. The van der Waals surface area contributed by atoms with Crippen molar-refractivity contribution < 1.29 is 4.74 Å². The molecule has 2 aromatic rings. The maximum atomic E-state index is 5.94. The highest BCUT2D eigenvalue weighted by molar-refractivity contribution is 6.33. The molecule has 0 saturated heterocycles. The van der Waals surface area contributed by atoms with Gasteiger partial charge in [0.1, 0.15) is 0 Å². The molecule has 0 aliphatic rings. The number of ether oxygens (including phenoxy) is 1. The van der Waals surface area contributed by atoms with Crippen LogP contribution < -0.4 is 15.8 Å². The van der Waals surface area contributed by atoms with Crippen molar-refractivity contribution in [2.24, 2.45) is 7.05 Å². The first-order chi connectivity index (χ1) is 8.61. The van der Waals surface area contributed by atoms with Gasteiger partial charge in [0.05, 0.1) is 35.7 Å². The number of nitrogens with two attached hydrogens (primary N) is 1. The van der Waals surface area contributed by atoms with Crippen molar-refractivity contribution in [3.05, 3.63) is 35.0 Å². The molecule has 6 heteroatoms. The van der Waals surface area contributed by atoms with E-state index >= 15 is 0 Å². The van der Waals surface area contributed by atoms with Crippen molar-refractivity contribution in [3.8, 4) is 5.88 Å². The largest absolute Gasteiger partial charge is 0.481 e. The second-order valence-electron chi connectivity index (χ2n) is 3.86. The minimum Gasteiger partial charge on any atom is -0.481 e. The van der Waals surface area contributed by atoms with Gasteiger partial charge in [-0.25, -0.2) is 4.68 Å². The number of nitrogen functional groups attached to an aromatic ring is 1. The first-order valence-electron chi connectivity index (χ1n) is 5.46. The smallest absolute Gasteiger partial charge is 0.211 e. The number of hydrogen-bond donors (Lipinski definition) is 2. The van der Waals surface area contributed by atoms with Crippen molar-refractivity contribution in [3.63, 3.8) is 0 Å². The molecule has 0 saturated carbocycles. The summed E-state index contributed by atoms with van der Waals surface area (Å²) in [4.78, 5) is 0. The van der Waals surface area contributed by atoms with Crippen molar-refractivity contribution >= 4 is 23.0 Å². The van der Waals surface area contributed by atoms with E-state index in [1.165, 1.54) is 0 Å². The summed E-state index contributed by atoms with van der Waals surface area (Å²) >= 11 is 5.94. The number of aryl methyl sites for hydroxylation is 1. The number of nitrogens with one attached hydrogen (secondary N) is 1. The summed E-state index contributed by atoms with van der Waals surface area (Å²) < 4.78 is 6.83. The van der Waals surface area contributed by atoms with Gasteiger partial charge < -0.3 is 15.8 Å². The molecule has 1 aromatic heterocycles. The van der Waals surface area contributed by atoms with Crippen molar-refractivity contribution in [2.45, 2.75) is 6.54 Å². The third-order valence-corrected chi connectivity index (χ3v) is 2.94. The van der Waals surface area contributed by atoms with Crippen LogP contribution in [0, 0.1) is 0 Å². The zero-order valence-electron chi connectivity index (χ0n) is 10.3. The summed E-state index contributed by atoms with van der Waals surface area (Å²) in [5.74, 6) is 0.714. The van der Waals surface area contributed by atoms with Crippen LogP contribution in [-0.4, -0.2) is 16.9 Å². The molecule has 0 amide bonds. The molecule has 18 heavy (non-hydrogen) atoms. The first kappa shape index (κ1) is 12.6. The molecule has 1 heterocycles. The van der Waals surface area contributed by atoms with Gasteiger partial charge in [0, 0.05) is 13.1 Å². The number of halogens is 1. The van der Waals surface area contributed by atoms with Crippen LogP contribution in [0.5, 0.6) is 5.88 Å². The maximum Gasteiger partial charge on any atom is 0.211 e. The molecule has 96 valence electrons. The predicted molar refractivity (Wildman–Crippen MR) is 73.0 cm³/mol. The molecule has 3 N–H and O–H groups in total. The van der Waals surface area contributed by atoms with E-state index in [9.17, 15) is 0 Å². The summed E-state index contributed by atoms with van der Waals surface area (Å²) in [6.07, 6.45) is 0. The Balaban J connectivity index is 2.09. The lowest BCUT2D eigenvalue weighted by molar-refractivity contribution is 0.373. The van der Waals surface area contributed by atoms with Gasteiger partial charge in [-0.3, -0.25) is 0 Å². The summed E-state index contributed by atoms with van der Waals surface area (Å²) in [5, 5.41) is 8.04. The Labute approximate surface area is 110 Å². The van der Waals surface area contributed by atoms with Crippen LogP contribution in [0.1, 0.15) is 5.69 Å². The van der Waals surface area contributed by atoms with Crippen LogP contribution in [-0.2, 0) is 13.6 Å². The number of para-hydroxylation sites is 1. The molecule has 1 aromatic carbocycles. The van der Waals surface area contributed by atoms with Gasteiger partial charge in [0.15, 0.2) is 0 Å². The first-order valence-corrected chi connectivity index (χ1v) is 5.84. The number of nitrogens with zero attached hydrogens (tertiary/aromatic N) is 2. The van der Waals surface area contributed by atoms with Gasteiger partial charge in [-0.2, -0.15) is 5.10 Å². The van der Waals surface area contributed by atoms with Crippen LogP contribution in [0.4, 0.5) is 11.4 Å². The highest BCUT2D eigenvalue weighted by Crippen LogP contribution is 2.27. The molecule has 0 aliphatic heterocycles. The minimum absolute atomic E-state index is 0.540. The third-order valence-electron chi connectivity index (χ3n) is 2.61. The normalized spacial score (nSPS) is 10.4. The van der Waals surface area contributed by atoms with Gasteiger partial charge >= 0.3 is 0 Å². The van der Waals surface area contributed by atoms with Gasteiger partial charge in [-0.15, -0.1) is 0 Å². The van der Waals surface area contributed by atoms with Crippen LogP contribution in [0.25, 0.3) is 0 Å². The standard InChI is InChI=1S/C12H15ClN4O/c1-17-11(18-2)6-8(16-17)7-15-10-5-3-4-9(13)12(10)14/h3-6,15H,7,14H2,1-2H3. The molecule has 0 unspecified atom stereocenters. The predicted octanol–water partition coefficient (Wildman–Crippen LogP) is 2.28. The Morgan fingerprint density at radius 3 is 2.94 bits per heavy atom. The van der Waals surface area contributed by atoms with Crippen molar-refractivity contribution in [1.82, 2.24) is 9.78 Å². The van der Waals surface area contributed by atoms with Gasteiger partial charge in [0.25, 0.3) is 0 Å². The molecule has 5 nitrogen and oxygen atoms in total. The lowest BCUT2D eigenvalue weighted by atomic mass is 10.2. The molecular weight excluding hydrogens is 252 g/mol. The summed E-state index contributed by atoms with van der Waals surface area (Å²) in [6.45, 7) is 0.557. The van der Waals surface area contributed by atoms with Crippen LogP contribution in [0.3, 0.4) is 0 Å². The number of benzene rings is 1. The van der Waals surface area contributed by atoms with Crippen LogP contribution in [0.2, 0.25) is 5.02 Å². The summed E-state index contributed by atoms with van der Waals surface area (Å²) in [5.41, 5.74) is 8.07. The fourth-order valence-electron chi connectivity index (χ4n) is 1.66. The Morgan fingerprint density at radius 2 is 2.28 bits per heavy atom. The number of methoxy groups -OCH3 is 1. The Hall–Kier alpha value is -1.88. The highest BCUT2D eigenvalue weighted by Gasteiger charge is 2.06. The summed E-state index contributed by atoms with van der Waals surface area (Å²) in [6, 6.07) is 7.35. The van der Waals surface area contributed by atoms with Crippen molar-refractivity contribution in [2.75, 3.05) is 18.2 Å². The van der Waals surface area contributed by atoms with E-state index in [1.807, 2.05) is 25.2 Å². The summed E-state index contributed by atoms with van der Waals surface area (Å²) in [7, 11) is 3.44. The van der Waals surface area contributed by atoms with Crippen molar-refractivity contribution in [1.29, 1.82) is 0 Å². The lowest BCUT2D eigenvalue weighted by Crippen LogP contribution is -2.03. The number of hydrogen-bond acceptors (Lipinski definition) is 4. The zero-order chi connectivity index (χ0) is 13.1. The third kappa shape index (κ3) is 2.51. The minimum atomic E-state index is 0.540. The maximum absolute atomic E-state index is 5.94. The Kier molecular flexibility index (Phi) is 3.62. The lowest BCUT2D eigenvalue weighted by Gasteiger charge is -2.08. The van der Waals surface area contributed by atoms with Gasteiger partial charge in [-0.05, 0) is 12.1 Å². The topological polar surface area (TPSA) is 65.1 Å². The van der Waals surface area contributed by atoms with E-state index in [-0.39, 0.29) is 0 Å². The molecular formula is C12H15ClN4O. The molecule has 0 bridgehead atoms. The van der Waals surface area contributed by atoms with E-state index in [0.717, 1.165) is 11.4 Å². The van der Waals surface area contributed by atoms with E-state index in [2.05, 4.69) is 10.4 Å². The Bertz CT molecular complexity index is 553. The zero-order valence-corrected chi connectivity index (χ0v) is 11.0. The second kappa shape index (κ2) is 5.18. The molecule has 0 radical (unpaired) electrons. The molecule has 0 fully saturated rings. The quantitative estimate of drug-likeness (QED) is 0.834. The fourth-order valence-corrected chi connectivity index (χ4v) is 1.84.